The van der Waals surface area contributed by atoms with E-state index < -0.39 is 6.10 Å². The van der Waals surface area contributed by atoms with Crippen LogP contribution in [-0.4, -0.2) is 23.3 Å². The van der Waals surface area contributed by atoms with Crippen molar-refractivity contribution in [1.29, 1.82) is 0 Å². The van der Waals surface area contributed by atoms with Gasteiger partial charge in [0.05, 0.1) is 6.10 Å². The van der Waals surface area contributed by atoms with E-state index in [1.807, 2.05) is 18.2 Å². The molecule has 1 unspecified atom stereocenters. The first-order chi connectivity index (χ1) is 10.6. The number of aliphatic hydroxyl groups is 1. The van der Waals surface area contributed by atoms with Crippen LogP contribution >= 0.6 is 0 Å². The smallest absolute Gasteiger partial charge is 0.115 e. The number of phenols is 1. The molecule has 3 heteroatoms. The van der Waals surface area contributed by atoms with Crippen molar-refractivity contribution in [3.05, 3.63) is 64.7 Å². The van der Waals surface area contributed by atoms with Gasteiger partial charge in [-0.2, -0.15) is 0 Å². The third-order valence-electron chi connectivity index (χ3n) is 4.04. The highest BCUT2D eigenvalue weighted by Crippen LogP contribution is 2.19. The summed E-state index contributed by atoms with van der Waals surface area (Å²) in [4.78, 5) is 0. The van der Waals surface area contributed by atoms with E-state index in [1.54, 1.807) is 12.1 Å². The van der Waals surface area contributed by atoms with E-state index in [0.29, 0.717) is 12.2 Å². The minimum atomic E-state index is -0.416. The van der Waals surface area contributed by atoms with E-state index in [9.17, 15) is 10.2 Å². The summed E-state index contributed by atoms with van der Waals surface area (Å²) >= 11 is 0. The molecule has 0 saturated carbocycles. The van der Waals surface area contributed by atoms with Gasteiger partial charge in [0.25, 0.3) is 0 Å². The van der Waals surface area contributed by atoms with Crippen LogP contribution in [0.15, 0.2) is 42.5 Å². The van der Waals surface area contributed by atoms with Gasteiger partial charge in [0.15, 0.2) is 0 Å². The molecule has 1 atom stereocenters. The summed E-state index contributed by atoms with van der Waals surface area (Å²) in [6.45, 7) is 5.80. The Hall–Kier alpha value is -1.84. The Morgan fingerprint density at radius 2 is 1.68 bits per heavy atom. The van der Waals surface area contributed by atoms with Crippen molar-refractivity contribution in [2.75, 3.05) is 13.1 Å². The lowest BCUT2D eigenvalue weighted by atomic mass is 10.0. The van der Waals surface area contributed by atoms with Crippen LogP contribution < -0.4 is 5.32 Å². The van der Waals surface area contributed by atoms with Crippen LogP contribution in [-0.2, 0) is 6.42 Å². The molecule has 22 heavy (non-hydrogen) atoms. The van der Waals surface area contributed by atoms with E-state index in [4.69, 9.17) is 0 Å². The first-order valence-corrected chi connectivity index (χ1v) is 7.80. The number of nitrogens with one attached hydrogen (secondary N) is 1. The van der Waals surface area contributed by atoms with Crippen LogP contribution in [0.2, 0.25) is 0 Å². The van der Waals surface area contributed by atoms with Crippen molar-refractivity contribution in [3.8, 4) is 5.75 Å². The summed E-state index contributed by atoms with van der Waals surface area (Å²) in [6.07, 6.45) is 1.21. The van der Waals surface area contributed by atoms with Crippen molar-refractivity contribution in [1.82, 2.24) is 5.32 Å². The zero-order chi connectivity index (χ0) is 15.9. The highest BCUT2D eigenvalue weighted by atomic mass is 16.3. The van der Waals surface area contributed by atoms with Gasteiger partial charge in [0.1, 0.15) is 5.75 Å². The van der Waals surface area contributed by atoms with Crippen molar-refractivity contribution < 1.29 is 10.2 Å². The number of hydrogen-bond acceptors (Lipinski definition) is 3. The lowest BCUT2D eigenvalue weighted by Crippen LogP contribution is -2.20. The topological polar surface area (TPSA) is 52.5 Å². The van der Waals surface area contributed by atoms with Crippen LogP contribution in [0.25, 0.3) is 0 Å². The zero-order valence-electron chi connectivity index (χ0n) is 13.3. The Bertz CT molecular complexity index is 593. The van der Waals surface area contributed by atoms with Crippen LogP contribution in [0.1, 0.15) is 34.8 Å². The number of benzene rings is 2. The number of aromatic hydroxyl groups is 1. The lowest BCUT2D eigenvalue weighted by molar-refractivity contribution is 0.167. The number of rotatable bonds is 7. The van der Waals surface area contributed by atoms with E-state index in [-0.39, 0.29) is 0 Å². The molecule has 0 aliphatic rings. The van der Waals surface area contributed by atoms with Gasteiger partial charge in [-0.05, 0) is 74.2 Å². The second-order valence-electron chi connectivity index (χ2n) is 5.81. The second kappa shape index (κ2) is 7.97. The Morgan fingerprint density at radius 1 is 0.955 bits per heavy atom. The molecule has 2 aromatic carbocycles. The van der Waals surface area contributed by atoms with Gasteiger partial charge in [-0.1, -0.05) is 30.3 Å². The molecule has 2 aromatic rings. The quantitative estimate of drug-likeness (QED) is 0.688. The molecule has 3 N–H and O–H groups in total. The average Bonchev–Trinajstić information content (AvgIpc) is 2.51. The van der Waals surface area contributed by atoms with E-state index >= 15 is 0 Å². The van der Waals surface area contributed by atoms with Gasteiger partial charge in [-0.15, -0.1) is 0 Å². The number of phenolic OH excluding ortho intramolecular Hbond substituents is 1. The molecule has 0 amide bonds. The average molecular weight is 299 g/mol. The van der Waals surface area contributed by atoms with Gasteiger partial charge in [-0.25, -0.2) is 0 Å². The first kappa shape index (κ1) is 16.5. The largest absolute Gasteiger partial charge is 0.508 e. The molecule has 0 heterocycles. The van der Waals surface area contributed by atoms with Gasteiger partial charge >= 0.3 is 0 Å². The Kier molecular flexibility index (Phi) is 5.99. The van der Waals surface area contributed by atoms with Crippen molar-refractivity contribution in [2.45, 2.75) is 32.8 Å². The minimum Gasteiger partial charge on any atom is -0.508 e. The normalized spacial score (nSPS) is 12.3. The summed E-state index contributed by atoms with van der Waals surface area (Å²) < 4.78 is 0. The van der Waals surface area contributed by atoms with Gasteiger partial charge in [0, 0.05) is 0 Å². The van der Waals surface area contributed by atoms with Crippen molar-refractivity contribution in [3.63, 3.8) is 0 Å². The number of aliphatic hydroxyl groups excluding tert-OH is 1. The monoisotopic (exact) mass is 299 g/mol. The molecule has 0 aliphatic heterocycles. The molecule has 0 aliphatic carbocycles. The summed E-state index contributed by atoms with van der Waals surface area (Å²) in [5.41, 5.74) is 4.66. The molecular weight excluding hydrogens is 274 g/mol. The minimum absolute atomic E-state index is 0.299. The first-order valence-electron chi connectivity index (χ1n) is 7.80. The molecular formula is C19H25NO2. The van der Waals surface area contributed by atoms with Gasteiger partial charge in [0.2, 0.25) is 0 Å². The maximum atomic E-state index is 10.2. The molecule has 0 fully saturated rings. The molecule has 0 aromatic heterocycles. The van der Waals surface area contributed by atoms with Crippen LogP contribution in [0.5, 0.6) is 5.75 Å². The van der Waals surface area contributed by atoms with Crippen LogP contribution in [0.3, 0.4) is 0 Å². The fraction of sp³-hybridized carbons (Fsp3) is 0.368. The Balaban J connectivity index is 1.69. The van der Waals surface area contributed by atoms with Gasteiger partial charge < -0.3 is 15.5 Å². The van der Waals surface area contributed by atoms with Crippen LogP contribution in [0.4, 0.5) is 0 Å². The van der Waals surface area contributed by atoms with E-state index in [1.165, 1.54) is 16.7 Å². The number of aryl methyl sites for hydroxylation is 2. The lowest BCUT2D eigenvalue weighted by Gasteiger charge is -2.13. The molecule has 3 nitrogen and oxygen atoms in total. The predicted octanol–water partition coefficient (Wildman–Crippen LogP) is 3.26. The third kappa shape index (κ3) is 4.86. The highest BCUT2D eigenvalue weighted by molar-refractivity contribution is 5.31. The maximum absolute atomic E-state index is 10.2. The predicted molar refractivity (Wildman–Crippen MR) is 90.2 cm³/mol. The summed E-state index contributed by atoms with van der Waals surface area (Å²) in [5.74, 6) is 0.299. The molecule has 0 saturated heterocycles. The van der Waals surface area contributed by atoms with E-state index in [2.05, 4.69) is 31.3 Å². The third-order valence-corrected chi connectivity index (χ3v) is 4.04. The summed E-state index contributed by atoms with van der Waals surface area (Å²) in [6, 6.07) is 13.4. The van der Waals surface area contributed by atoms with Crippen molar-refractivity contribution >= 4 is 0 Å². The number of hydrogen-bond donors (Lipinski definition) is 3. The second-order valence-corrected chi connectivity index (χ2v) is 5.81. The highest BCUT2D eigenvalue weighted by Gasteiger charge is 2.07. The summed E-state index contributed by atoms with van der Waals surface area (Å²) in [5, 5.41) is 22.8. The Morgan fingerprint density at radius 3 is 2.36 bits per heavy atom. The van der Waals surface area contributed by atoms with Crippen LogP contribution in [0, 0.1) is 13.8 Å². The molecule has 118 valence electrons. The molecule has 0 radical (unpaired) electrons. The Labute approximate surface area is 132 Å². The summed E-state index contributed by atoms with van der Waals surface area (Å²) in [7, 11) is 0. The fourth-order valence-electron chi connectivity index (χ4n) is 2.40. The molecule has 0 bridgehead atoms. The standard InChI is InChI=1S/C19H25NO2/c1-14-3-6-17(13-15(14)2)19(22)10-12-20-11-9-16-4-7-18(21)8-5-16/h3-8,13,19-22H,9-12H2,1-2H3. The van der Waals surface area contributed by atoms with Gasteiger partial charge in [-0.3, -0.25) is 0 Å². The molecule has 0 spiro atoms. The zero-order valence-corrected chi connectivity index (χ0v) is 13.3. The van der Waals surface area contributed by atoms with E-state index in [0.717, 1.165) is 25.1 Å². The van der Waals surface area contributed by atoms with Crippen molar-refractivity contribution in [2.24, 2.45) is 0 Å². The SMILES string of the molecule is Cc1ccc(C(O)CCNCCc2ccc(O)cc2)cc1C. The maximum Gasteiger partial charge on any atom is 0.115 e. The molecule has 2 rings (SSSR count). The fourth-order valence-corrected chi connectivity index (χ4v) is 2.40.